The van der Waals surface area contributed by atoms with E-state index in [1.807, 2.05) is 30.3 Å². The van der Waals surface area contributed by atoms with Crippen LogP contribution in [0.4, 0.5) is 0 Å². The van der Waals surface area contributed by atoms with E-state index in [0.29, 0.717) is 13.0 Å². The van der Waals surface area contributed by atoms with Gasteiger partial charge in [0.2, 0.25) is 5.24 Å². The molecule has 0 atom stereocenters. The van der Waals surface area contributed by atoms with Crippen LogP contribution in [0.15, 0.2) is 30.3 Å². The van der Waals surface area contributed by atoms with E-state index >= 15 is 0 Å². The number of hydrogen-bond donors (Lipinski definition) is 0. The zero-order valence-corrected chi connectivity index (χ0v) is 9.57. The van der Waals surface area contributed by atoms with Crippen molar-refractivity contribution in [1.29, 1.82) is 0 Å². The molecule has 0 saturated heterocycles. The number of benzene rings is 1. The van der Waals surface area contributed by atoms with Gasteiger partial charge in [-0.25, -0.2) is 0 Å². The molecule has 0 heterocycles. The highest BCUT2D eigenvalue weighted by atomic mass is 35.5. The minimum Gasteiger partial charge on any atom is -0.465 e. The highest BCUT2D eigenvalue weighted by Gasteiger charge is 2.05. The van der Waals surface area contributed by atoms with Gasteiger partial charge in [-0.05, 0) is 17.2 Å². The van der Waals surface area contributed by atoms with Crippen molar-refractivity contribution in [1.82, 2.24) is 0 Å². The van der Waals surface area contributed by atoms with Gasteiger partial charge in [0.15, 0.2) is 0 Å². The lowest BCUT2D eigenvalue weighted by Crippen LogP contribution is -2.08. The lowest BCUT2D eigenvalue weighted by Gasteiger charge is -2.03. The van der Waals surface area contributed by atoms with Crippen molar-refractivity contribution in [2.75, 3.05) is 6.61 Å². The summed E-state index contributed by atoms with van der Waals surface area (Å²) in [6, 6.07) is 9.74. The number of carbonyl (C=O) groups excluding carboxylic acids is 2. The first kappa shape index (κ1) is 12.7. The van der Waals surface area contributed by atoms with Crippen molar-refractivity contribution in [3.05, 3.63) is 35.9 Å². The van der Waals surface area contributed by atoms with Gasteiger partial charge in [-0.1, -0.05) is 30.3 Å². The molecule has 16 heavy (non-hydrogen) atoms. The minimum absolute atomic E-state index is 0.0335. The molecule has 0 aromatic heterocycles. The fourth-order valence-electron chi connectivity index (χ4n) is 1.20. The second kappa shape index (κ2) is 7.01. The van der Waals surface area contributed by atoms with Crippen molar-refractivity contribution in [3.63, 3.8) is 0 Å². The van der Waals surface area contributed by atoms with Crippen LogP contribution in [-0.2, 0) is 20.7 Å². The molecule has 0 aliphatic heterocycles. The van der Waals surface area contributed by atoms with E-state index in [9.17, 15) is 9.59 Å². The zero-order chi connectivity index (χ0) is 11.8. The summed E-state index contributed by atoms with van der Waals surface area (Å²) in [6.45, 7) is 0.333. The highest BCUT2D eigenvalue weighted by Crippen LogP contribution is 2.01. The summed E-state index contributed by atoms with van der Waals surface area (Å²) < 4.78 is 4.95. The van der Waals surface area contributed by atoms with Crippen LogP contribution in [-0.4, -0.2) is 17.8 Å². The molecule has 0 spiro atoms. The van der Waals surface area contributed by atoms with Gasteiger partial charge in [0, 0.05) is 12.8 Å². The Morgan fingerprint density at radius 3 is 2.44 bits per heavy atom. The Kier molecular flexibility index (Phi) is 5.57. The molecule has 3 nitrogen and oxygen atoms in total. The normalized spacial score (nSPS) is 9.81. The average Bonchev–Trinajstić information content (AvgIpc) is 2.28. The Bertz CT molecular complexity index is 349. The summed E-state index contributed by atoms with van der Waals surface area (Å²) in [5.41, 5.74) is 1.11. The number of halogens is 1. The molecular weight excluding hydrogens is 228 g/mol. The van der Waals surface area contributed by atoms with E-state index in [2.05, 4.69) is 0 Å². The topological polar surface area (TPSA) is 43.4 Å². The fraction of sp³-hybridized carbons (Fsp3) is 0.333. The van der Waals surface area contributed by atoms with Gasteiger partial charge in [0.05, 0.1) is 13.0 Å². The molecule has 1 aromatic carbocycles. The Morgan fingerprint density at radius 1 is 1.12 bits per heavy atom. The molecule has 86 valence electrons. The molecule has 0 aliphatic carbocycles. The maximum Gasteiger partial charge on any atom is 0.306 e. The van der Waals surface area contributed by atoms with Gasteiger partial charge in [0.1, 0.15) is 0 Å². The van der Waals surface area contributed by atoms with Crippen molar-refractivity contribution < 1.29 is 14.3 Å². The Hall–Kier alpha value is -1.35. The van der Waals surface area contributed by atoms with E-state index < -0.39 is 5.24 Å². The molecule has 0 N–H and O–H groups in total. The summed E-state index contributed by atoms with van der Waals surface area (Å²) in [5.74, 6) is -0.384. The molecule has 4 heteroatoms. The predicted molar refractivity (Wildman–Crippen MR) is 61.2 cm³/mol. The van der Waals surface area contributed by atoms with Crippen LogP contribution in [0.5, 0.6) is 0 Å². The quantitative estimate of drug-likeness (QED) is 0.566. The SMILES string of the molecule is O=C(Cl)CCC(=O)OCCc1ccccc1. The summed E-state index contributed by atoms with van der Waals surface area (Å²) in [5, 5.41) is -0.514. The highest BCUT2D eigenvalue weighted by molar-refractivity contribution is 6.63. The summed E-state index contributed by atoms with van der Waals surface area (Å²) in [6.07, 6.45) is 0.768. The molecule has 0 fully saturated rings. The van der Waals surface area contributed by atoms with Crippen molar-refractivity contribution in [2.24, 2.45) is 0 Å². The van der Waals surface area contributed by atoms with Crippen LogP contribution in [0.1, 0.15) is 18.4 Å². The molecule has 1 aromatic rings. The molecule has 1 rings (SSSR count). The van der Waals surface area contributed by atoms with Crippen LogP contribution in [0.25, 0.3) is 0 Å². The number of carbonyl (C=O) groups is 2. The summed E-state index contributed by atoms with van der Waals surface area (Å²) in [7, 11) is 0. The third-order valence-electron chi connectivity index (χ3n) is 2.02. The number of esters is 1. The standard InChI is InChI=1S/C12H13ClO3/c13-11(14)6-7-12(15)16-9-8-10-4-2-1-3-5-10/h1-5H,6-9H2. The van der Waals surface area contributed by atoms with Gasteiger partial charge in [-0.3, -0.25) is 9.59 Å². The van der Waals surface area contributed by atoms with E-state index in [0.717, 1.165) is 5.56 Å². The van der Waals surface area contributed by atoms with E-state index in [-0.39, 0.29) is 18.8 Å². The minimum atomic E-state index is -0.514. The van der Waals surface area contributed by atoms with Gasteiger partial charge >= 0.3 is 5.97 Å². The molecule has 0 bridgehead atoms. The largest absolute Gasteiger partial charge is 0.465 e. The second-order valence-corrected chi connectivity index (χ2v) is 3.73. The summed E-state index contributed by atoms with van der Waals surface area (Å²) >= 11 is 5.11. The first-order valence-electron chi connectivity index (χ1n) is 5.06. The van der Waals surface area contributed by atoms with Gasteiger partial charge in [-0.2, -0.15) is 0 Å². The lowest BCUT2D eigenvalue weighted by atomic mass is 10.2. The monoisotopic (exact) mass is 240 g/mol. The first-order chi connectivity index (χ1) is 7.68. The van der Waals surface area contributed by atoms with Crippen LogP contribution in [0.2, 0.25) is 0 Å². The molecule has 0 saturated carbocycles. The molecule has 0 amide bonds. The Labute approximate surface area is 99.4 Å². The van der Waals surface area contributed by atoms with Crippen LogP contribution >= 0.6 is 11.6 Å². The van der Waals surface area contributed by atoms with Crippen molar-refractivity contribution in [3.8, 4) is 0 Å². The fourth-order valence-corrected chi connectivity index (χ4v) is 1.29. The third-order valence-corrected chi connectivity index (χ3v) is 2.21. The van der Waals surface area contributed by atoms with Gasteiger partial charge in [-0.15, -0.1) is 0 Å². The molecule has 0 radical (unpaired) electrons. The van der Waals surface area contributed by atoms with Crippen LogP contribution in [0, 0.1) is 0 Å². The van der Waals surface area contributed by atoms with E-state index in [4.69, 9.17) is 16.3 Å². The second-order valence-electron chi connectivity index (χ2n) is 3.31. The summed E-state index contributed by atoms with van der Waals surface area (Å²) in [4.78, 5) is 21.5. The van der Waals surface area contributed by atoms with Crippen LogP contribution < -0.4 is 0 Å². The number of rotatable bonds is 6. The lowest BCUT2D eigenvalue weighted by molar-refractivity contribution is -0.144. The molecule has 0 aliphatic rings. The molecular formula is C12H13ClO3. The average molecular weight is 241 g/mol. The number of ether oxygens (including phenoxy) is 1. The Balaban J connectivity index is 2.16. The predicted octanol–water partition coefficient (Wildman–Crippen LogP) is 2.32. The van der Waals surface area contributed by atoms with Gasteiger partial charge < -0.3 is 4.74 Å². The maximum absolute atomic E-state index is 11.1. The molecule has 0 unspecified atom stereocenters. The van der Waals surface area contributed by atoms with Gasteiger partial charge in [0.25, 0.3) is 0 Å². The number of hydrogen-bond acceptors (Lipinski definition) is 3. The third kappa shape index (κ3) is 5.51. The maximum atomic E-state index is 11.1. The van der Waals surface area contributed by atoms with Crippen LogP contribution in [0.3, 0.4) is 0 Å². The van der Waals surface area contributed by atoms with Crippen molar-refractivity contribution in [2.45, 2.75) is 19.3 Å². The van der Waals surface area contributed by atoms with Crippen molar-refractivity contribution >= 4 is 22.8 Å². The van der Waals surface area contributed by atoms with E-state index in [1.54, 1.807) is 0 Å². The smallest absolute Gasteiger partial charge is 0.306 e. The Morgan fingerprint density at radius 2 is 1.81 bits per heavy atom. The van der Waals surface area contributed by atoms with E-state index in [1.165, 1.54) is 0 Å². The first-order valence-corrected chi connectivity index (χ1v) is 5.44. The zero-order valence-electron chi connectivity index (χ0n) is 8.82.